The van der Waals surface area contributed by atoms with Crippen molar-refractivity contribution in [1.82, 2.24) is 9.88 Å². The highest BCUT2D eigenvalue weighted by Crippen LogP contribution is 2.37. The average Bonchev–Trinajstić information content (AvgIpc) is 3.20. The van der Waals surface area contributed by atoms with E-state index >= 15 is 0 Å². The lowest BCUT2D eigenvalue weighted by Crippen LogP contribution is -2.36. The van der Waals surface area contributed by atoms with Gasteiger partial charge in [0.05, 0.1) is 11.2 Å². The lowest BCUT2D eigenvalue weighted by molar-refractivity contribution is 0.116. The van der Waals surface area contributed by atoms with Gasteiger partial charge in [0.2, 0.25) is 6.79 Å². The van der Waals surface area contributed by atoms with Crippen LogP contribution < -0.4 is 9.47 Å². The van der Waals surface area contributed by atoms with Gasteiger partial charge in [-0.25, -0.2) is 4.98 Å². The Morgan fingerprint density at radius 2 is 1.90 bits per heavy atom. The zero-order valence-electron chi connectivity index (χ0n) is 16.1. The van der Waals surface area contributed by atoms with Crippen LogP contribution in [0.1, 0.15) is 18.4 Å². The van der Waals surface area contributed by atoms with Crippen molar-refractivity contribution < 1.29 is 14.6 Å². The number of rotatable bonds is 4. The highest BCUT2D eigenvalue weighted by molar-refractivity contribution is 6.30. The molecule has 1 aromatic heterocycles. The molecule has 5 nitrogen and oxygen atoms in total. The fourth-order valence-corrected chi connectivity index (χ4v) is 4.40. The summed E-state index contributed by atoms with van der Waals surface area (Å²) < 4.78 is 11.1. The van der Waals surface area contributed by atoms with E-state index in [4.69, 9.17) is 26.1 Å². The largest absolute Gasteiger partial charge is 0.454 e. The van der Waals surface area contributed by atoms with E-state index in [-0.39, 0.29) is 13.4 Å². The molecule has 0 unspecified atom stereocenters. The molecule has 0 aliphatic carbocycles. The van der Waals surface area contributed by atoms with E-state index in [1.807, 2.05) is 36.4 Å². The van der Waals surface area contributed by atoms with Crippen molar-refractivity contribution in [3.05, 3.63) is 53.1 Å². The van der Waals surface area contributed by atoms with Crippen molar-refractivity contribution in [2.75, 3.05) is 26.5 Å². The fourth-order valence-electron chi connectivity index (χ4n) is 4.27. The van der Waals surface area contributed by atoms with E-state index in [1.165, 1.54) is 0 Å². The van der Waals surface area contributed by atoms with Gasteiger partial charge in [0.15, 0.2) is 11.5 Å². The van der Waals surface area contributed by atoms with Crippen LogP contribution in [0.15, 0.2) is 42.5 Å². The van der Waals surface area contributed by atoms with Gasteiger partial charge in [-0.3, -0.25) is 4.90 Å². The third kappa shape index (κ3) is 3.78. The van der Waals surface area contributed by atoms with E-state index in [2.05, 4.69) is 11.0 Å². The van der Waals surface area contributed by atoms with E-state index < -0.39 is 0 Å². The summed E-state index contributed by atoms with van der Waals surface area (Å²) in [6.45, 7) is 3.25. The van der Waals surface area contributed by atoms with Gasteiger partial charge in [0.1, 0.15) is 0 Å². The first kappa shape index (κ1) is 18.7. The number of halogens is 1. The Hall–Kier alpha value is -2.34. The van der Waals surface area contributed by atoms with Gasteiger partial charge in [-0.05, 0) is 55.1 Å². The van der Waals surface area contributed by atoms with E-state index in [0.29, 0.717) is 10.9 Å². The number of ether oxygens (including phenoxy) is 2. The molecule has 2 aromatic carbocycles. The number of piperidine rings is 1. The number of benzene rings is 2. The standard InChI is InChI=1S/C23H23ClN2O3/c24-19-5-3-16(4-6-19)23-18(12-26-7-1-2-15(11-26)13-27)8-17-9-21-22(29-14-28-21)10-20(17)25-23/h3-6,8-10,15,27H,1-2,7,11-14H2/t15-/m0/s1. The summed E-state index contributed by atoms with van der Waals surface area (Å²) in [5, 5.41) is 11.3. The van der Waals surface area contributed by atoms with E-state index in [0.717, 1.165) is 71.7 Å². The molecule has 3 aromatic rings. The Bertz CT molecular complexity index is 1040. The van der Waals surface area contributed by atoms with Crippen molar-refractivity contribution >= 4 is 22.5 Å². The number of aliphatic hydroxyl groups is 1. The Morgan fingerprint density at radius 3 is 2.69 bits per heavy atom. The van der Waals surface area contributed by atoms with Gasteiger partial charge in [0, 0.05) is 41.7 Å². The Labute approximate surface area is 174 Å². The molecule has 0 spiro atoms. The minimum absolute atomic E-state index is 0.249. The molecule has 0 radical (unpaired) electrons. The van der Waals surface area contributed by atoms with Crippen LogP contribution in [0.2, 0.25) is 5.02 Å². The topological polar surface area (TPSA) is 54.8 Å². The molecule has 6 heteroatoms. The van der Waals surface area contributed by atoms with Crippen LogP contribution in [0.4, 0.5) is 0 Å². The van der Waals surface area contributed by atoms with Crippen molar-refractivity contribution in [1.29, 1.82) is 0 Å². The normalized spacial score (nSPS) is 19.0. The summed E-state index contributed by atoms with van der Waals surface area (Å²) >= 11 is 6.10. The van der Waals surface area contributed by atoms with E-state index in [1.54, 1.807) is 0 Å². The molecule has 5 rings (SSSR count). The predicted molar refractivity (Wildman–Crippen MR) is 113 cm³/mol. The smallest absolute Gasteiger partial charge is 0.231 e. The SMILES string of the molecule is OC[C@H]1CCCN(Cc2cc3cc4c(cc3nc2-c2ccc(Cl)cc2)OCO4)C1. The molecular weight excluding hydrogens is 388 g/mol. The van der Waals surface area contributed by atoms with Gasteiger partial charge in [-0.1, -0.05) is 23.7 Å². The summed E-state index contributed by atoms with van der Waals surface area (Å²) in [4.78, 5) is 7.42. The zero-order valence-corrected chi connectivity index (χ0v) is 16.9. The summed E-state index contributed by atoms with van der Waals surface area (Å²) in [7, 11) is 0. The summed E-state index contributed by atoms with van der Waals surface area (Å²) in [6, 6.07) is 14.0. The first-order valence-corrected chi connectivity index (χ1v) is 10.4. The van der Waals surface area contributed by atoms with E-state index in [9.17, 15) is 5.11 Å². The van der Waals surface area contributed by atoms with Crippen LogP contribution in [-0.4, -0.2) is 41.5 Å². The Kier molecular flexibility index (Phi) is 5.04. The molecule has 150 valence electrons. The van der Waals surface area contributed by atoms with Crippen LogP contribution in [0.3, 0.4) is 0 Å². The fraction of sp³-hybridized carbons (Fsp3) is 0.348. The van der Waals surface area contributed by atoms with Gasteiger partial charge in [-0.2, -0.15) is 0 Å². The predicted octanol–water partition coefficient (Wildman–Crippen LogP) is 4.49. The van der Waals surface area contributed by atoms with Gasteiger partial charge in [-0.15, -0.1) is 0 Å². The maximum atomic E-state index is 9.59. The molecule has 0 bridgehead atoms. The third-order valence-electron chi connectivity index (χ3n) is 5.76. The monoisotopic (exact) mass is 410 g/mol. The zero-order chi connectivity index (χ0) is 19.8. The summed E-state index contributed by atoms with van der Waals surface area (Å²) in [5.41, 5.74) is 4.05. The molecule has 2 aliphatic heterocycles. The van der Waals surface area contributed by atoms with Crippen LogP contribution in [0.25, 0.3) is 22.2 Å². The van der Waals surface area contributed by atoms with Crippen LogP contribution >= 0.6 is 11.6 Å². The summed E-state index contributed by atoms with van der Waals surface area (Å²) in [5.74, 6) is 1.86. The minimum Gasteiger partial charge on any atom is -0.454 e. The number of fused-ring (bicyclic) bond motifs is 2. The second-order valence-electron chi connectivity index (χ2n) is 7.83. The number of hydrogen-bond donors (Lipinski definition) is 1. The molecular formula is C23H23ClN2O3. The maximum Gasteiger partial charge on any atom is 0.231 e. The molecule has 0 saturated carbocycles. The molecule has 29 heavy (non-hydrogen) atoms. The first-order valence-electron chi connectivity index (χ1n) is 10.0. The third-order valence-corrected chi connectivity index (χ3v) is 6.01. The molecule has 0 amide bonds. The lowest BCUT2D eigenvalue weighted by Gasteiger charge is -2.32. The highest BCUT2D eigenvalue weighted by Gasteiger charge is 2.22. The second-order valence-corrected chi connectivity index (χ2v) is 8.26. The van der Waals surface area contributed by atoms with Crippen LogP contribution in [0, 0.1) is 5.92 Å². The number of aromatic nitrogens is 1. The van der Waals surface area contributed by atoms with Gasteiger partial charge >= 0.3 is 0 Å². The quantitative estimate of drug-likeness (QED) is 0.686. The number of likely N-dealkylation sites (tertiary alicyclic amines) is 1. The van der Waals surface area contributed by atoms with Crippen molar-refractivity contribution in [3.8, 4) is 22.8 Å². The number of aliphatic hydroxyl groups excluding tert-OH is 1. The molecule has 1 atom stereocenters. The van der Waals surface area contributed by atoms with Gasteiger partial charge in [0.25, 0.3) is 0 Å². The highest BCUT2D eigenvalue weighted by atomic mass is 35.5. The lowest BCUT2D eigenvalue weighted by atomic mass is 9.97. The van der Waals surface area contributed by atoms with Gasteiger partial charge < -0.3 is 14.6 Å². The van der Waals surface area contributed by atoms with Crippen LogP contribution in [-0.2, 0) is 6.54 Å². The second kappa shape index (κ2) is 7.82. The van der Waals surface area contributed by atoms with Crippen molar-refractivity contribution in [2.45, 2.75) is 19.4 Å². The molecule has 1 saturated heterocycles. The number of nitrogens with zero attached hydrogens (tertiary/aromatic N) is 2. The van der Waals surface area contributed by atoms with Crippen molar-refractivity contribution in [2.24, 2.45) is 5.92 Å². The van der Waals surface area contributed by atoms with Crippen molar-refractivity contribution in [3.63, 3.8) is 0 Å². The Morgan fingerprint density at radius 1 is 1.10 bits per heavy atom. The molecule has 3 heterocycles. The Balaban J connectivity index is 1.58. The maximum absolute atomic E-state index is 9.59. The van der Waals surface area contributed by atoms with Crippen LogP contribution in [0.5, 0.6) is 11.5 Å². The molecule has 1 N–H and O–H groups in total. The molecule has 1 fully saturated rings. The first-order chi connectivity index (χ1) is 14.2. The number of hydrogen-bond acceptors (Lipinski definition) is 5. The summed E-state index contributed by atoms with van der Waals surface area (Å²) in [6.07, 6.45) is 2.21. The number of pyridine rings is 1. The minimum atomic E-state index is 0.249. The average molecular weight is 411 g/mol. The molecule has 2 aliphatic rings.